The molecular formula is C20H12Br2N2O4S2. The van der Waals surface area contributed by atoms with E-state index in [0.717, 1.165) is 17.3 Å². The molecule has 1 aliphatic rings. The maximum absolute atomic E-state index is 13.0. The third-order valence-corrected chi connectivity index (χ3v) is 6.98. The maximum Gasteiger partial charge on any atom is 0.270 e. The molecule has 6 nitrogen and oxygen atoms in total. The van der Waals surface area contributed by atoms with Gasteiger partial charge in [-0.15, -0.1) is 0 Å². The molecule has 152 valence electrons. The summed E-state index contributed by atoms with van der Waals surface area (Å²) in [6.07, 6.45) is 2.91. The van der Waals surface area contributed by atoms with Crippen molar-refractivity contribution < 1.29 is 19.4 Å². The number of hydrogen-bond acceptors (Lipinski definition) is 6. The van der Waals surface area contributed by atoms with Crippen LogP contribution in [0.25, 0.3) is 10.9 Å². The van der Waals surface area contributed by atoms with Crippen molar-refractivity contribution in [3.05, 3.63) is 62.0 Å². The number of aromatic amines is 1. The number of phenolic OH excluding ortho intramolecular Hbond substituents is 1. The van der Waals surface area contributed by atoms with E-state index in [-0.39, 0.29) is 16.4 Å². The summed E-state index contributed by atoms with van der Waals surface area (Å²) < 4.78 is 6.35. The first-order valence-electron chi connectivity index (χ1n) is 8.45. The number of carbonyl (C=O) groups is 2. The highest BCUT2D eigenvalue weighted by atomic mass is 79.9. The van der Waals surface area contributed by atoms with Gasteiger partial charge >= 0.3 is 0 Å². The molecule has 4 rings (SSSR count). The minimum atomic E-state index is -0.403. The maximum atomic E-state index is 13.0. The van der Waals surface area contributed by atoms with Crippen LogP contribution in [0, 0.1) is 0 Å². The highest BCUT2D eigenvalue weighted by Crippen LogP contribution is 2.41. The Bertz CT molecular complexity index is 1250. The van der Waals surface area contributed by atoms with Crippen molar-refractivity contribution in [1.29, 1.82) is 0 Å². The number of allylic oxidation sites excluding steroid dienone is 1. The summed E-state index contributed by atoms with van der Waals surface area (Å²) in [6, 6.07) is 8.56. The number of ether oxygens (including phenoxy) is 1. The van der Waals surface area contributed by atoms with Crippen molar-refractivity contribution in [1.82, 2.24) is 4.98 Å². The third kappa shape index (κ3) is 3.68. The van der Waals surface area contributed by atoms with Gasteiger partial charge in [-0.2, -0.15) is 0 Å². The van der Waals surface area contributed by atoms with Crippen LogP contribution in [0.2, 0.25) is 0 Å². The second-order valence-electron chi connectivity index (χ2n) is 6.25. The molecule has 2 N–H and O–H groups in total. The van der Waals surface area contributed by atoms with E-state index >= 15 is 0 Å². The number of rotatable bonds is 4. The minimum Gasteiger partial charge on any atom is -0.506 e. The van der Waals surface area contributed by atoms with Crippen LogP contribution in [-0.4, -0.2) is 33.2 Å². The largest absolute Gasteiger partial charge is 0.506 e. The smallest absolute Gasteiger partial charge is 0.270 e. The normalized spacial score (nSPS) is 15.4. The highest BCUT2D eigenvalue weighted by Gasteiger charge is 2.34. The molecule has 0 saturated carbocycles. The van der Waals surface area contributed by atoms with Gasteiger partial charge in [-0.25, -0.2) is 0 Å². The number of methoxy groups -OCH3 is 1. The average molecular weight is 568 g/mol. The molecule has 0 atom stereocenters. The first-order chi connectivity index (χ1) is 14.3. The standard InChI is InChI=1S/C20H12Br2N2O4S2/c1-28-10-2-3-15-11(6-10)12(8-23-15)16(25)7-17-19(27)24(20(29)30-17)9-4-13(21)18(26)14(22)5-9/h2-8,23,26H,1H3/b17-7-. The zero-order chi connectivity index (χ0) is 21.6. The Balaban J connectivity index is 1.68. The Morgan fingerprint density at radius 1 is 1.27 bits per heavy atom. The number of fused-ring (bicyclic) bond motifs is 1. The fourth-order valence-electron chi connectivity index (χ4n) is 3.00. The first kappa shape index (κ1) is 21.1. The lowest BCUT2D eigenvalue weighted by molar-refractivity contribution is -0.113. The lowest BCUT2D eigenvalue weighted by atomic mass is 10.1. The van der Waals surface area contributed by atoms with Crippen molar-refractivity contribution in [2.45, 2.75) is 0 Å². The van der Waals surface area contributed by atoms with Gasteiger partial charge in [0.05, 0.1) is 26.6 Å². The molecule has 1 aliphatic heterocycles. The molecule has 1 fully saturated rings. The van der Waals surface area contributed by atoms with E-state index in [2.05, 4.69) is 36.8 Å². The minimum absolute atomic E-state index is 0.0182. The highest BCUT2D eigenvalue weighted by molar-refractivity contribution is 9.11. The molecule has 1 amide bonds. The SMILES string of the molecule is COc1ccc2[nH]cc(C(=O)/C=C3\SC(=S)N(c4cc(Br)c(O)c(Br)c4)C3=O)c2c1. The van der Waals surface area contributed by atoms with E-state index in [1.807, 2.05) is 6.07 Å². The van der Waals surface area contributed by atoms with Gasteiger partial charge in [0.25, 0.3) is 5.91 Å². The number of thioether (sulfide) groups is 1. The average Bonchev–Trinajstić information content (AvgIpc) is 3.25. The zero-order valence-corrected chi connectivity index (χ0v) is 20.0. The number of benzene rings is 2. The van der Waals surface area contributed by atoms with Gasteiger partial charge in [-0.1, -0.05) is 24.0 Å². The number of carbonyl (C=O) groups excluding carboxylic acids is 2. The Hall–Kier alpha value is -2.14. The first-order valence-corrected chi connectivity index (χ1v) is 11.3. The van der Waals surface area contributed by atoms with Crippen LogP contribution in [0.15, 0.2) is 56.5 Å². The molecule has 0 bridgehead atoms. The summed E-state index contributed by atoms with van der Waals surface area (Å²) in [7, 11) is 1.56. The molecule has 2 heterocycles. The van der Waals surface area contributed by atoms with E-state index in [1.54, 1.807) is 37.6 Å². The number of nitrogens with one attached hydrogen (secondary N) is 1. The van der Waals surface area contributed by atoms with Gasteiger partial charge in [-0.05, 0) is 62.2 Å². The predicted molar refractivity (Wildman–Crippen MR) is 128 cm³/mol. The zero-order valence-electron chi connectivity index (χ0n) is 15.2. The van der Waals surface area contributed by atoms with Crippen LogP contribution in [0.1, 0.15) is 10.4 Å². The number of nitrogens with zero attached hydrogens (tertiary/aromatic N) is 1. The Kier molecular flexibility index (Phi) is 5.75. The van der Waals surface area contributed by atoms with Gasteiger partial charge in [0.15, 0.2) is 10.1 Å². The number of aromatic nitrogens is 1. The molecule has 1 aromatic heterocycles. The third-order valence-electron chi connectivity index (χ3n) is 4.47. The van der Waals surface area contributed by atoms with Crippen LogP contribution in [-0.2, 0) is 4.79 Å². The molecule has 10 heteroatoms. The Morgan fingerprint density at radius 3 is 2.63 bits per heavy atom. The van der Waals surface area contributed by atoms with E-state index in [4.69, 9.17) is 17.0 Å². The molecule has 1 saturated heterocycles. The predicted octanol–water partition coefficient (Wildman–Crippen LogP) is 5.54. The molecule has 0 radical (unpaired) electrons. The van der Waals surface area contributed by atoms with E-state index in [1.165, 1.54) is 11.0 Å². The van der Waals surface area contributed by atoms with Crippen molar-refractivity contribution in [3.8, 4) is 11.5 Å². The fourth-order valence-corrected chi connectivity index (χ4v) is 5.43. The number of anilines is 1. The summed E-state index contributed by atoms with van der Waals surface area (Å²) in [5, 5.41) is 10.6. The summed E-state index contributed by atoms with van der Waals surface area (Å²) in [4.78, 5) is 30.5. The van der Waals surface area contributed by atoms with Crippen LogP contribution in [0.3, 0.4) is 0 Å². The van der Waals surface area contributed by atoms with Crippen molar-refractivity contribution >= 4 is 88.4 Å². The van der Waals surface area contributed by atoms with Gasteiger partial charge in [0.2, 0.25) is 0 Å². The van der Waals surface area contributed by atoms with Crippen LogP contribution in [0.4, 0.5) is 5.69 Å². The van der Waals surface area contributed by atoms with Crippen molar-refractivity contribution in [2.24, 2.45) is 0 Å². The van der Waals surface area contributed by atoms with E-state index in [0.29, 0.717) is 35.7 Å². The lowest BCUT2D eigenvalue weighted by Gasteiger charge is -2.16. The number of thiocarbonyl (C=S) groups is 1. The molecule has 30 heavy (non-hydrogen) atoms. The van der Waals surface area contributed by atoms with E-state index in [9.17, 15) is 14.7 Å². The Morgan fingerprint density at radius 2 is 1.97 bits per heavy atom. The Labute approximate surface area is 197 Å². The van der Waals surface area contributed by atoms with Gasteiger partial charge < -0.3 is 14.8 Å². The van der Waals surface area contributed by atoms with E-state index < -0.39 is 5.91 Å². The lowest BCUT2D eigenvalue weighted by Crippen LogP contribution is -2.27. The van der Waals surface area contributed by atoms with Crippen LogP contribution >= 0.6 is 55.8 Å². The number of aromatic hydroxyl groups is 1. The summed E-state index contributed by atoms with van der Waals surface area (Å²) >= 11 is 12.9. The molecule has 0 aliphatic carbocycles. The van der Waals surface area contributed by atoms with Crippen molar-refractivity contribution in [2.75, 3.05) is 12.0 Å². The molecule has 0 spiro atoms. The fraction of sp³-hybridized carbons (Fsp3) is 0.0500. The van der Waals surface area contributed by atoms with Gasteiger partial charge in [0.1, 0.15) is 11.5 Å². The number of amides is 1. The summed E-state index contributed by atoms with van der Waals surface area (Å²) in [6.45, 7) is 0. The molecular weight excluding hydrogens is 556 g/mol. The summed E-state index contributed by atoms with van der Waals surface area (Å²) in [5.74, 6) is -0.0704. The number of H-pyrrole nitrogens is 1. The van der Waals surface area contributed by atoms with Crippen LogP contribution < -0.4 is 9.64 Å². The second-order valence-corrected chi connectivity index (χ2v) is 9.64. The molecule has 0 unspecified atom stereocenters. The monoisotopic (exact) mass is 566 g/mol. The number of hydrogen-bond donors (Lipinski definition) is 2. The van der Waals surface area contributed by atoms with Crippen LogP contribution in [0.5, 0.6) is 11.5 Å². The number of phenols is 1. The molecule has 3 aromatic rings. The van der Waals surface area contributed by atoms with Gasteiger partial charge in [0, 0.05) is 28.7 Å². The van der Waals surface area contributed by atoms with Crippen molar-refractivity contribution in [3.63, 3.8) is 0 Å². The quantitative estimate of drug-likeness (QED) is 0.245. The number of ketones is 1. The second kappa shape index (κ2) is 8.18. The van der Waals surface area contributed by atoms with Gasteiger partial charge in [-0.3, -0.25) is 14.5 Å². The molecule has 2 aromatic carbocycles. The number of halogens is 2. The summed E-state index contributed by atoms with van der Waals surface area (Å²) in [5.41, 5.74) is 1.70. The topological polar surface area (TPSA) is 82.6 Å².